The van der Waals surface area contributed by atoms with Crippen molar-refractivity contribution in [3.05, 3.63) is 17.7 Å². The molecule has 0 unspecified atom stereocenters. The zero-order valence-electron chi connectivity index (χ0n) is 10.8. The molecule has 0 aliphatic carbocycles. The summed E-state index contributed by atoms with van der Waals surface area (Å²) in [5.74, 6) is 1.77. The lowest BCUT2D eigenvalue weighted by molar-refractivity contribution is 0.397. The van der Waals surface area contributed by atoms with Crippen LogP contribution in [0.3, 0.4) is 0 Å². The minimum Gasteiger partial charge on any atom is -0.481 e. The van der Waals surface area contributed by atoms with Gasteiger partial charge in [-0.15, -0.1) is 0 Å². The number of pyridine rings is 1. The largest absolute Gasteiger partial charge is 0.481 e. The van der Waals surface area contributed by atoms with E-state index >= 15 is 0 Å². The molecule has 16 heavy (non-hydrogen) atoms. The van der Waals surface area contributed by atoms with Crippen LogP contribution in [0, 0.1) is 6.92 Å². The molecule has 2 heterocycles. The Morgan fingerprint density at radius 2 is 1.81 bits per heavy atom. The van der Waals surface area contributed by atoms with Crippen LogP contribution in [0.25, 0.3) is 0 Å². The van der Waals surface area contributed by atoms with Crippen LogP contribution in [0.4, 0.5) is 5.82 Å². The van der Waals surface area contributed by atoms with Crippen molar-refractivity contribution in [1.82, 2.24) is 4.98 Å². The molecule has 0 N–H and O–H groups in total. The van der Waals surface area contributed by atoms with Crippen LogP contribution in [0.5, 0.6) is 5.88 Å². The van der Waals surface area contributed by atoms with Gasteiger partial charge in [0, 0.05) is 19.2 Å². The lowest BCUT2D eigenvalue weighted by Crippen LogP contribution is -2.19. The Bertz CT molecular complexity index is 320. The van der Waals surface area contributed by atoms with E-state index in [9.17, 15) is 0 Å². The first-order valence-electron chi connectivity index (χ1n) is 6.07. The van der Waals surface area contributed by atoms with E-state index in [1.165, 1.54) is 18.4 Å². The molecule has 1 aromatic heterocycles. The second kappa shape index (κ2) is 6.36. The molecule has 1 aliphatic heterocycles. The highest BCUT2D eigenvalue weighted by atomic mass is 16.5. The van der Waals surface area contributed by atoms with E-state index in [1.54, 1.807) is 7.11 Å². The zero-order valence-corrected chi connectivity index (χ0v) is 10.8. The fraction of sp³-hybridized carbons (Fsp3) is 0.615. The molecule has 90 valence electrons. The highest BCUT2D eigenvalue weighted by Gasteiger charge is 2.14. The molecule has 2 rings (SSSR count). The third-order valence-corrected chi connectivity index (χ3v) is 2.57. The first kappa shape index (κ1) is 12.8. The molecule has 0 aromatic carbocycles. The van der Waals surface area contributed by atoms with Crippen LogP contribution in [0.15, 0.2) is 12.1 Å². The van der Waals surface area contributed by atoms with E-state index in [2.05, 4.69) is 22.9 Å². The predicted octanol–water partition coefficient (Wildman–Crippen LogP) is 3.03. The molecule has 3 nitrogen and oxygen atoms in total. The standard InChI is InChI=1S/C11H16N2O.C2H6/c1-9-7-10(12-11(8-9)14-2)13-5-3-4-6-13;1-2/h7-8H,3-6H2,1-2H3;1-2H3. The Hall–Kier alpha value is -1.25. The molecular formula is C13H22N2O. The quantitative estimate of drug-likeness (QED) is 0.769. The van der Waals surface area contributed by atoms with Gasteiger partial charge < -0.3 is 9.64 Å². The Morgan fingerprint density at radius 1 is 1.19 bits per heavy atom. The van der Waals surface area contributed by atoms with Crippen LogP contribution < -0.4 is 9.64 Å². The van der Waals surface area contributed by atoms with E-state index in [0.717, 1.165) is 18.9 Å². The van der Waals surface area contributed by atoms with Crippen molar-refractivity contribution in [3.8, 4) is 5.88 Å². The van der Waals surface area contributed by atoms with E-state index < -0.39 is 0 Å². The van der Waals surface area contributed by atoms with E-state index in [1.807, 2.05) is 19.9 Å². The van der Waals surface area contributed by atoms with Gasteiger partial charge in [-0.25, -0.2) is 0 Å². The van der Waals surface area contributed by atoms with Gasteiger partial charge in [-0.3, -0.25) is 0 Å². The summed E-state index contributed by atoms with van der Waals surface area (Å²) in [5, 5.41) is 0. The second-order valence-electron chi connectivity index (χ2n) is 3.74. The van der Waals surface area contributed by atoms with Crippen molar-refractivity contribution in [2.45, 2.75) is 33.6 Å². The second-order valence-corrected chi connectivity index (χ2v) is 3.74. The maximum absolute atomic E-state index is 5.16. The molecule has 0 amide bonds. The van der Waals surface area contributed by atoms with Gasteiger partial charge in [0.2, 0.25) is 5.88 Å². The Morgan fingerprint density at radius 3 is 2.38 bits per heavy atom. The van der Waals surface area contributed by atoms with Crippen LogP contribution in [0.2, 0.25) is 0 Å². The fourth-order valence-corrected chi connectivity index (χ4v) is 1.83. The number of hydrogen-bond donors (Lipinski definition) is 0. The van der Waals surface area contributed by atoms with Gasteiger partial charge in [0.05, 0.1) is 7.11 Å². The van der Waals surface area contributed by atoms with Crippen molar-refractivity contribution < 1.29 is 4.74 Å². The first-order valence-corrected chi connectivity index (χ1v) is 6.07. The van der Waals surface area contributed by atoms with Crippen molar-refractivity contribution in [1.29, 1.82) is 0 Å². The highest BCUT2D eigenvalue weighted by molar-refractivity contribution is 5.44. The van der Waals surface area contributed by atoms with Crippen LogP contribution in [-0.2, 0) is 0 Å². The van der Waals surface area contributed by atoms with Crippen molar-refractivity contribution in [2.24, 2.45) is 0 Å². The number of methoxy groups -OCH3 is 1. The van der Waals surface area contributed by atoms with Gasteiger partial charge >= 0.3 is 0 Å². The SMILES string of the molecule is CC.COc1cc(C)cc(N2CCCC2)n1. The number of hydrogen-bond acceptors (Lipinski definition) is 3. The molecule has 1 aliphatic rings. The van der Waals surface area contributed by atoms with Gasteiger partial charge in [-0.1, -0.05) is 13.8 Å². The van der Waals surface area contributed by atoms with Gasteiger partial charge in [-0.05, 0) is 31.4 Å². The lowest BCUT2D eigenvalue weighted by atomic mass is 10.3. The molecule has 0 bridgehead atoms. The van der Waals surface area contributed by atoms with Crippen LogP contribution in [-0.4, -0.2) is 25.2 Å². The maximum atomic E-state index is 5.16. The summed E-state index contributed by atoms with van der Waals surface area (Å²) in [6.45, 7) is 8.32. The molecule has 0 radical (unpaired) electrons. The van der Waals surface area contributed by atoms with E-state index in [-0.39, 0.29) is 0 Å². The van der Waals surface area contributed by atoms with Gasteiger partial charge in [0.25, 0.3) is 0 Å². The zero-order chi connectivity index (χ0) is 12.0. The minimum atomic E-state index is 0.715. The molecule has 1 aromatic rings. The number of aromatic nitrogens is 1. The summed E-state index contributed by atoms with van der Waals surface area (Å²) in [4.78, 5) is 6.75. The first-order chi connectivity index (χ1) is 7.79. The third-order valence-electron chi connectivity index (χ3n) is 2.57. The van der Waals surface area contributed by atoms with E-state index in [0.29, 0.717) is 5.88 Å². The highest BCUT2D eigenvalue weighted by Crippen LogP contribution is 2.22. The van der Waals surface area contributed by atoms with Gasteiger partial charge in [0.1, 0.15) is 5.82 Å². The lowest BCUT2D eigenvalue weighted by Gasteiger charge is -2.17. The van der Waals surface area contributed by atoms with Crippen LogP contribution in [0.1, 0.15) is 32.3 Å². The van der Waals surface area contributed by atoms with Gasteiger partial charge in [0.15, 0.2) is 0 Å². The maximum Gasteiger partial charge on any atom is 0.215 e. The topological polar surface area (TPSA) is 25.4 Å². The molecule has 0 atom stereocenters. The monoisotopic (exact) mass is 222 g/mol. The number of anilines is 1. The summed E-state index contributed by atoms with van der Waals surface area (Å²) in [7, 11) is 1.66. The summed E-state index contributed by atoms with van der Waals surface area (Å²) in [6, 6.07) is 4.08. The molecule has 0 saturated carbocycles. The predicted molar refractivity (Wildman–Crippen MR) is 68.3 cm³/mol. The Balaban J connectivity index is 0.000000606. The van der Waals surface area contributed by atoms with Gasteiger partial charge in [-0.2, -0.15) is 4.98 Å². The number of rotatable bonds is 2. The number of ether oxygens (including phenoxy) is 1. The summed E-state index contributed by atoms with van der Waals surface area (Å²) in [5.41, 5.74) is 1.21. The summed E-state index contributed by atoms with van der Waals surface area (Å²) < 4.78 is 5.16. The van der Waals surface area contributed by atoms with Crippen LogP contribution >= 0.6 is 0 Å². The Labute approximate surface area is 98.4 Å². The number of aryl methyl sites for hydroxylation is 1. The molecule has 3 heteroatoms. The summed E-state index contributed by atoms with van der Waals surface area (Å²) >= 11 is 0. The fourth-order valence-electron chi connectivity index (χ4n) is 1.83. The molecular weight excluding hydrogens is 200 g/mol. The van der Waals surface area contributed by atoms with E-state index in [4.69, 9.17) is 4.74 Å². The summed E-state index contributed by atoms with van der Waals surface area (Å²) in [6.07, 6.45) is 2.55. The average Bonchev–Trinajstić information content (AvgIpc) is 2.84. The minimum absolute atomic E-state index is 0.715. The molecule has 1 saturated heterocycles. The Kier molecular flexibility index (Phi) is 5.09. The molecule has 0 spiro atoms. The normalized spacial score (nSPS) is 14.4. The van der Waals surface area contributed by atoms with Crippen molar-refractivity contribution >= 4 is 5.82 Å². The number of nitrogens with zero attached hydrogens (tertiary/aromatic N) is 2. The van der Waals surface area contributed by atoms with Crippen molar-refractivity contribution in [2.75, 3.05) is 25.1 Å². The third kappa shape index (κ3) is 3.12. The average molecular weight is 222 g/mol. The van der Waals surface area contributed by atoms with Crippen molar-refractivity contribution in [3.63, 3.8) is 0 Å². The molecule has 1 fully saturated rings. The smallest absolute Gasteiger partial charge is 0.215 e.